The van der Waals surface area contributed by atoms with Gasteiger partial charge in [-0.25, -0.2) is 0 Å². The molecule has 21 heavy (non-hydrogen) atoms. The van der Waals surface area contributed by atoms with Gasteiger partial charge in [0.15, 0.2) is 0 Å². The van der Waals surface area contributed by atoms with E-state index in [1.807, 2.05) is 18.3 Å². The third-order valence-electron chi connectivity index (χ3n) is 4.13. The number of hydrogen-bond donors (Lipinski definition) is 0. The normalized spacial score (nSPS) is 17.6. The van der Waals surface area contributed by atoms with E-state index in [9.17, 15) is 0 Å². The molecule has 1 fully saturated rings. The van der Waals surface area contributed by atoms with Crippen molar-refractivity contribution in [1.29, 1.82) is 0 Å². The zero-order chi connectivity index (χ0) is 14.5. The Hall–Kier alpha value is -1.71. The van der Waals surface area contributed by atoms with Crippen LogP contribution >= 0.6 is 0 Å². The Balaban J connectivity index is 1.64. The van der Waals surface area contributed by atoms with Gasteiger partial charge in [0.2, 0.25) is 0 Å². The molecule has 110 valence electrons. The van der Waals surface area contributed by atoms with Crippen LogP contribution in [0, 0.1) is 0 Å². The lowest BCUT2D eigenvalue weighted by atomic mass is 10.1. The van der Waals surface area contributed by atoms with Crippen LogP contribution in [0.3, 0.4) is 0 Å². The number of pyridine rings is 1. The van der Waals surface area contributed by atoms with Crippen molar-refractivity contribution in [3.05, 3.63) is 54.2 Å². The molecule has 0 atom stereocenters. The Bertz CT molecular complexity index is 550. The molecule has 0 N–H and O–H groups in total. The maximum absolute atomic E-state index is 4.40. The first kappa shape index (κ1) is 14.2. The molecule has 0 unspecified atom stereocenters. The summed E-state index contributed by atoms with van der Waals surface area (Å²) in [5, 5.41) is 0. The van der Waals surface area contributed by atoms with Crippen LogP contribution < -0.4 is 0 Å². The quantitative estimate of drug-likeness (QED) is 0.862. The first-order chi connectivity index (χ1) is 10.3. The standard InChI is InChI=1S/C18H23N3/c1-20-11-4-12-21(14-13-20)15-16-6-8-17(9-7-16)18-5-2-3-10-19-18/h2-3,5-10H,4,11-15H2,1H3. The summed E-state index contributed by atoms with van der Waals surface area (Å²) in [6.07, 6.45) is 3.11. The van der Waals surface area contributed by atoms with E-state index in [-0.39, 0.29) is 0 Å². The second kappa shape index (κ2) is 6.83. The highest BCUT2D eigenvalue weighted by Crippen LogP contribution is 2.18. The van der Waals surface area contributed by atoms with Gasteiger partial charge in [-0.1, -0.05) is 30.3 Å². The average molecular weight is 281 g/mol. The smallest absolute Gasteiger partial charge is 0.0701 e. The van der Waals surface area contributed by atoms with Crippen molar-refractivity contribution in [3.63, 3.8) is 0 Å². The van der Waals surface area contributed by atoms with Gasteiger partial charge in [0, 0.05) is 31.4 Å². The Morgan fingerprint density at radius 3 is 2.57 bits per heavy atom. The van der Waals surface area contributed by atoms with Crippen LogP contribution in [-0.4, -0.2) is 48.0 Å². The van der Waals surface area contributed by atoms with Crippen LogP contribution in [0.5, 0.6) is 0 Å². The Morgan fingerprint density at radius 1 is 0.952 bits per heavy atom. The summed E-state index contributed by atoms with van der Waals surface area (Å²) in [6.45, 7) is 5.81. The highest BCUT2D eigenvalue weighted by Gasteiger charge is 2.12. The molecule has 0 saturated carbocycles. The lowest BCUT2D eigenvalue weighted by Gasteiger charge is -2.20. The monoisotopic (exact) mass is 281 g/mol. The molecule has 1 aromatic carbocycles. The second-order valence-corrected chi connectivity index (χ2v) is 5.84. The van der Waals surface area contributed by atoms with Crippen LogP contribution in [-0.2, 0) is 6.54 Å². The first-order valence-corrected chi connectivity index (χ1v) is 7.72. The highest BCUT2D eigenvalue weighted by molar-refractivity contribution is 5.58. The Kier molecular flexibility index (Phi) is 4.63. The van der Waals surface area contributed by atoms with E-state index < -0.39 is 0 Å². The molecule has 0 spiro atoms. The predicted octanol–water partition coefficient (Wildman–Crippen LogP) is 2.89. The summed E-state index contributed by atoms with van der Waals surface area (Å²) < 4.78 is 0. The molecule has 0 aliphatic carbocycles. The molecule has 1 saturated heterocycles. The first-order valence-electron chi connectivity index (χ1n) is 7.72. The van der Waals surface area contributed by atoms with E-state index in [1.165, 1.54) is 43.7 Å². The van der Waals surface area contributed by atoms with Crippen LogP contribution in [0.1, 0.15) is 12.0 Å². The number of likely N-dealkylation sites (N-methyl/N-ethyl adjacent to an activating group) is 1. The van der Waals surface area contributed by atoms with Crippen molar-refractivity contribution in [2.45, 2.75) is 13.0 Å². The van der Waals surface area contributed by atoms with Gasteiger partial charge in [0.1, 0.15) is 0 Å². The van der Waals surface area contributed by atoms with Gasteiger partial charge in [-0.05, 0) is 44.3 Å². The second-order valence-electron chi connectivity index (χ2n) is 5.84. The largest absolute Gasteiger partial charge is 0.305 e. The lowest BCUT2D eigenvalue weighted by molar-refractivity contribution is 0.269. The summed E-state index contributed by atoms with van der Waals surface area (Å²) >= 11 is 0. The predicted molar refractivity (Wildman–Crippen MR) is 87.1 cm³/mol. The Labute approximate surface area is 127 Å². The lowest BCUT2D eigenvalue weighted by Crippen LogP contribution is -2.28. The third kappa shape index (κ3) is 3.90. The van der Waals surface area contributed by atoms with E-state index in [1.54, 1.807) is 0 Å². The molecular formula is C18H23N3. The average Bonchev–Trinajstić information content (AvgIpc) is 2.74. The minimum absolute atomic E-state index is 1.04. The maximum Gasteiger partial charge on any atom is 0.0701 e. The molecule has 0 radical (unpaired) electrons. The molecule has 3 nitrogen and oxygen atoms in total. The van der Waals surface area contributed by atoms with Gasteiger partial charge in [0.05, 0.1) is 5.69 Å². The molecule has 1 aromatic heterocycles. The van der Waals surface area contributed by atoms with Crippen molar-refractivity contribution < 1.29 is 0 Å². The van der Waals surface area contributed by atoms with Crippen molar-refractivity contribution >= 4 is 0 Å². The van der Waals surface area contributed by atoms with Crippen LogP contribution in [0.4, 0.5) is 0 Å². The minimum Gasteiger partial charge on any atom is -0.305 e. The summed E-state index contributed by atoms with van der Waals surface area (Å²) in [6, 6.07) is 14.9. The number of rotatable bonds is 3. The van der Waals surface area contributed by atoms with E-state index in [0.29, 0.717) is 0 Å². The molecule has 2 aromatic rings. The van der Waals surface area contributed by atoms with Crippen LogP contribution in [0.15, 0.2) is 48.7 Å². The van der Waals surface area contributed by atoms with Gasteiger partial charge in [-0.2, -0.15) is 0 Å². The van der Waals surface area contributed by atoms with E-state index in [4.69, 9.17) is 0 Å². The summed E-state index contributed by atoms with van der Waals surface area (Å²) in [4.78, 5) is 9.37. The summed E-state index contributed by atoms with van der Waals surface area (Å²) in [5.74, 6) is 0. The fourth-order valence-electron chi connectivity index (χ4n) is 2.83. The van der Waals surface area contributed by atoms with Crippen LogP contribution in [0.2, 0.25) is 0 Å². The molecule has 2 heterocycles. The van der Waals surface area contributed by atoms with Gasteiger partial charge in [0.25, 0.3) is 0 Å². The minimum atomic E-state index is 1.04. The van der Waals surface area contributed by atoms with E-state index >= 15 is 0 Å². The van der Waals surface area contributed by atoms with Crippen LogP contribution in [0.25, 0.3) is 11.3 Å². The summed E-state index contributed by atoms with van der Waals surface area (Å²) in [7, 11) is 2.21. The Morgan fingerprint density at radius 2 is 1.81 bits per heavy atom. The fourth-order valence-corrected chi connectivity index (χ4v) is 2.83. The number of hydrogen-bond acceptors (Lipinski definition) is 3. The maximum atomic E-state index is 4.40. The summed E-state index contributed by atoms with van der Waals surface area (Å²) in [5.41, 5.74) is 3.62. The molecular weight excluding hydrogens is 258 g/mol. The fraction of sp³-hybridized carbons (Fsp3) is 0.389. The van der Waals surface area contributed by atoms with Gasteiger partial charge >= 0.3 is 0 Å². The zero-order valence-corrected chi connectivity index (χ0v) is 12.7. The van der Waals surface area contributed by atoms with Crippen molar-refractivity contribution in [3.8, 4) is 11.3 Å². The third-order valence-corrected chi connectivity index (χ3v) is 4.13. The zero-order valence-electron chi connectivity index (χ0n) is 12.7. The van der Waals surface area contributed by atoms with Gasteiger partial charge < -0.3 is 4.90 Å². The molecule has 3 rings (SSSR count). The molecule has 0 bridgehead atoms. The number of benzene rings is 1. The molecule has 3 heteroatoms. The van der Waals surface area contributed by atoms with Crippen molar-refractivity contribution in [2.75, 3.05) is 33.2 Å². The number of aromatic nitrogens is 1. The van der Waals surface area contributed by atoms with E-state index in [2.05, 4.69) is 52.2 Å². The topological polar surface area (TPSA) is 19.4 Å². The van der Waals surface area contributed by atoms with Gasteiger partial charge in [-0.15, -0.1) is 0 Å². The molecule has 1 aliphatic rings. The van der Waals surface area contributed by atoms with Crippen molar-refractivity contribution in [1.82, 2.24) is 14.8 Å². The molecule has 0 amide bonds. The van der Waals surface area contributed by atoms with Crippen molar-refractivity contribution in [2.24, 2.45) is 0 Å². The molecule has 1 aliphatic heterocycles. The SMILES string of the molecule is CN1CCCN(Cc2ccc(-c3ccccn3)cc2)CC1. The highest BCUT2D eigenvalue weighted by atomic mass is 15.2. The number of nitrogens with zero attached hydrogens (tertiary/aromatic N) is 3. The van der Waals surface area contributed by atoms with Gasteiger partial charge in [-0.3, -0.25) is 9.88 Å². The van der Waals surface area contributed by atoms with E-state index in [0.717, 1.165) is 12.2 Å².